The lowest BCUT2D eigenvalue weighted by atomic mass is 9.78. The van der Waals surface area contributed by atoms with Gasteiger partial charge in [0.2, 0.25) is 5.91 Å². The van der Waals surface area contributed by atoms with Gasteiger partial charge in [-0.25, -0.2) is 8.78 Å². The van der Waals surface area contributed by atoms with E-state index in [4.69, 9.17) is 4.52 Å². The molecule has 176 valence electrons. The van der Waals surface area contributed by atoms with E-state index in [1.807, 2.05) is 0 Å². The molecule has 7 nitrogen and oxygen atoms in total. The third-order valence-corrected chi connectivity index (χ3v) is 8.80. The van der Waals surface area contributed by atoms with E-state index in [2.05, 4.69) is 15.8 Å². The minimum Gasteiger partial charge on any atom is -0.550 e. The van der Waals surface area contributed by atoms with E-state index in [9.17, 15) is 23.5 Å². The molecule has 0 radical (unpaired) electrons. The molecule has 9 heteroatoms. The Kier molecular flexibility index (Phi) is 5.30. The highest BCUT2D eigenvalue weighted by Crippen LogP contribution is 2.78. The van der Waals surface area contributed by atoms with Crippen LogP contribution in [0.2, 0.25) is 0 Å². The summed E-state index contributed by atoms with van der Waals surface area (Å²) in [6.07, 6.45) is 4.03. The van der Waals surface area contributed by atoms with Crippen molar-refractivity contribution < 1.29 is 28.0 Å². The molecule has 1 spiro atoms. The summed E-state index contributed by atoms with van der Waals surface area (Å²) in [4.78, 5) is 25.1. The van der Waals surface area contributed by atoms with Crippen LogP contribution in [0.15, 0.2) is 10.6 Å². The maximum absolute atomic E-state index is 14.2. The zero-order valence-electron chi connectivity index (χ0n) is 18.2. The SMILES string of the molecule is Cc1cc(CNC(=O)[C@H]2[C@H](C(=O)[O-])[C@H]3CC[C@@H]2C32CC2CCC2CCNCC2(F)F)on1. The van der Waals surface area contributed by atoms with E-state index in [0.717, 1.165) is 19.3 Å². The van der Waals surface area contributed by atoms with Crippen LogP contribution in [-0.2, 0) is 16.1 Å². The number of piperidine rings is 1. The lowest BCUT2D eigenvalue weighted by Crippen LogP contribution is -2.46. The Morgan fingerprint density at radius 2 is 1.94 bits per heavy atom. The highest BCUT2D eigenvalue weighted by atomic mass is 19.3. The van der Waals surface area contributed by atoms with Crippen LogP contribution in [-0.4, -0.2) is 36.0 Å². The third kappa shape index (κ3) is 3.43. The molecule has 1 aliphatic heterocycles. The average Bonchev–Trinajstić information content (AvgIpc) is 2.97. The lowest BCUT2D eigenvalue weighted by Gasteiger charge is -2.32. The zero-order chi connectivity index (χ0) is 22.7. The largest absolute Gasteiger partial charge is 0.550 e. The van der Waals surface area contributed by atoms with E-state index in [-0.39, 0.29) is 42.2 Å². The number of nitrogens with zero attached hydrogens (tertiary/aromatic N) is 1. The van der Waals surface area contributed by atoms with Gasteiger partial charge in [-0.15, -0.1) is 0 Å². The number of aliphatic carboxylic acids is 1. The molecule has 1 amide bonds. The van der Waals surface area contributed by atoms with Gasteiger partial charge in [-0.3, -0.25) is 4.79 Å². The van der Waals surface area contributed by atoms with Gasteiger partial charge in [-0.05, 0) is 75.2 Å². The first-order valence-electron chi connectivity index (χ1n) is 11.7. The van der Waals surface area contributed by atoms with Crippen LogP contribution in [0.4, 0.5) is 8.78 Å². The number of carboxylic acids is 1. The standard InChI is InChI=1S/C23H31F2N3O4/c1-12-8-15(32-28-12)10-27-20(29)18-16-4-5-17(19(18)21(30)31)22(16)9-14(22)3-2-13-6-7-26-11-23(13,24)25/h8,13-14,16-19,26H,2-7,9-11H2,1H3,(H,27,29)(H,30,31)/p-1/t13?,14?,16-,17+,18+,19+,22?/m0/s1. The summed E-state index contributed by atoms with van der Waals surface area (Å²) in [7, 11) is 0. The maximum Gasteiger partial charge on any atom is 0.263 e. The van der Waals surface area contributed by atoms with E-state index in [1.165, 1.54) is 0 Å². The van der Waals surface area contributed by atoms with Gasteiger partial charge in [0.25, 0.3) is 5.92 Å². The second-order valence-corrected chi connectivity index (χ2v) is 10.3. The quantitative estimate of drug-likeness (QED) is 0.654. The van der Waals surface area contributed by atoms with Gasteiger partial charge in [-0.2, -0.15) is 0 Å². The van der Waals surface area contributed by atoms with Crippen LogP contribution in [0, 0.1) is 47.8 Å². The predicted molar refractivity (Wildman–Crippen MR) is 107 cm³/mol. The van der Waals surface area contributed by atoms with Crippen LogP contribution >= 0.6 is 0 Å². The van der Waals surface area contributed by atoms with E-state index in [0.29, 0.717) is 37.3 Å². The predicted octanol–water partition coefficient (Wildman–Crippen LogP) is 1.65. The van der Waals surface area contributed by atoms with Gasteiger partial charge in [0.15, 0.2) is 5.76 Å². The van der Waals surface area contributed by atoms with Crippen molar-refractivity contribution in [3.05, 3.63) is 17.5 Å². The minimum atomic E-state index is -2.69. The molecule has 2 bridgehead atoms. The molecule has 7 atom stereocenters. The first-order valence-corrected chi connectivity index (χ1v) is 11.7. The molecule has 1 aromatic heterocycles. The number of carboxylic acid groups (broad SMARTS) is 1. The average molecular weight is 451 g/mol. The Balaban J connectivity index is 1.27. The van der Waals surface area contributed by atoms with E-state index in [1.54, 1.807) is 13.0 Å². The summed E-state index contributed by atoms with van der Waals surface area (Å²) in [5.74, 6) is -5.58. The van der Waals surface area contributed by atoms with Crippen molar-refractivity contribution >= 4 is 11.9 Å². The molecule has 4 aliphatic rings. The fourth-order valence-electron chi connectivity index (χ4n) is 7.44. The molecule has 3 unspecified atom stereocenters. The van der Waals surface area contributed by atoms with Gasteiger partial charge in [0.05, 0.1) is 18.8 Å². The van der Waals surface area contributed by atoms with Crippen molar-refractivity contribution in [3.63, 3.8) is 0 Å². The number of amides is 1. The number of aromatic nitrogens is 1. The molecule has 2 N–H and O–H groups in total. The molecule has 0 aromatic carbocycles. The summed E-state index contributed by atoms with van der Waals surface area (Å²) in [5.41, 5.74) is 0.512. The number of carbonyl (C=O) groups excluding carboxylic acids is 2. The fraction of sp³-hybridized carbons (Fsp3) is 0.783. The normalized spacial score (nSPS) is 39.3. The monoisotopic (exact) mass is 450 g/mol. The number of rotatable bonds is 7. The van der Waals surface area contributed by atoms with Gasteiger partial charge < -0.3 is 25.1 Å². The Morgan fingerprint density at radius 1 is 1.22 bits per heavy atom. The molecular weight excluding hydrogens is 420 g/mol. The van der Waals surface area contributed by atoms with Crippen molar-refractivity contribution in [3.8, 4) is 0 Å². The summed E-state index contributed by atoms with van der Waals surface area (Å²) >= 11 is 0. The molecule has 3 aliphatic carbocycles. The topological polar surface area (TPSA) is 107 Å². The fourth-order valence-corrected chi connectivity index (χ4v) is 7.44. The molecule has 5 rings (SSSR count). The number of nitrogens with one attached hydrogen (secondary N) is 2. The number of hydrogen-bond donors (Lipinski definition) is 2. The summed E-state index contributed by atoms with van der Waals surface area (Å²) in [5, 5.41) is 21.5. The molecule has 32 heavy (non-hydrogen) atoms. The summed E-state index contributed by atoms with van der Waals surface area (Å²) in [6, 6.07) is 1.73. The zero-order valence-corrected chi connectivity index (χ0v) is 18.2. The highest BCUT2D eigenvalue weighted by molar-refractivity contribution is 5.86. The Morgan fingerprint density at radius 3 is 2.59 bits per heavy atom. The molecule has 1 saturated heterocycles. The van der Waals surface area contributed by atoms with Crippen molar-refractivity contribution in [1.82, 2.24) is 15.8 Å². The number of alkyl halides is 2. The number of hydrogen-bond acceptors (Lipinski definition) is 6. The van der Waals surface area contributed by atoms with Gasteiger partial charge in [0, 0.05) is 29.8 Å². The second kappa shape index (κ2) is 7.78. The number of halogens is 2. The van der Waals surface area contributed by atoms with Crippen LogP contribution in [0.5, 0.6) is 0 Å². The number of carbonyl (C=O) groups is 2. The smallest absolute Gasteiger partial charge is 0.263 e. The van der Waals surface area contributed by atoms with Crippen molar-refractivity contribution in [2.24, 2.45) is 40.9 Å². The Labute approximate surface area is 185 Å². The first kappa shape index (κ1) is 21.8. The van der Waals surface area contributed by atoms with Gasteiger partial charge in [-0.1, -0.05) is 5.16 Å². The maximum atomic E-state index is 14.2. The van der Waals surface area contributed by atoms with Crippen molar-refractivity contribution in [1.29, 1.82) is 0 Å². The molecular formula is C23H30F2N3O4-. The Bertz CT molecular complexity index is 906. The first-order chi connectivity index (χ1) is 15.2. The van der Waals surface area contributed by atoms with E-state index < -0.39 is 29.6 Å². The van der Waals surface area contributed by atoms with Gasteiger partial charge >= 0.3 is 0 Å². The molecule has 4 fully saturated rings. The minimum absolute atomic E-state index is 0.0228. The lowest BCUT2D eigenvalue weighted by molar-refractivity contribution is -0.314. The van der Waals surface area contributed by atoms with Crippen LogP contribution in [0.1, 0.15) is 50.0 Å². The Hall–Kier alpha value is -2.03. The van der Waals surface area contributed by atoms with Crippen LogP contribution < -0.4 is 15.7 Å². The van der Waals surface area contributed by atoms with E-state index >= 15 is 0 Å². The highest BCUT2D eigenvalue weighted by Gasteiger charge is 2.74. The van der Waals surface area contributed by atoms with Crippen molar-refractivity contribution in [2.45, 2.75) is 57.9 Å². The van der Waals surface area contributed by atoms with Gasteiger partial charge in [0.1, 0.15) is 0 Å². The molecule has 1 aromatic rings. The second-order valence-electron chi connectivity index (χ2n) is 10.3. The number of aryl methyl sites for hydroxylation is 1. The molecule has 3 saturated carbocycles. The van der Waals surface area contributed by atoms with Crippen molar-refractivity contribution in [2.75, 3.05) is 13.1 Å². The van der Waals surface area contributed by atoms with Crippen LogP contribution in [0.25, 0.3) is 0 Å². The third-order valence-electron chi connectivity index (χ3n) is 8.80. The summed E-state index contributed by atoms with van der Waals surface area (Å²) in [6.45, 7) is 2.29. The van der Waals surface area contributed by atoms with Crippen LogP contribution in [0.3, 0.4) is 0 Å². The molecule has 2 heterocycles. The summed E-state index contributed by atoms with van der Waals surface area (Å²) < 4.78 is 33.6.